The summed E-state index contributed by atoms with van der Waals surface area (Å²) in [6.45, 7) is 4.24. The van der Waals surface area contributed by atoms with E-state index in [0.717, 1.165) is 34.3 Å². The average Bonchev–Trinajstić information content (AvgIpc) is 3.25. The highest BCUT2D eigenvalue weighted by Crippen LogP contribution is 2.41. The molecule has 4 rings (SSSR count). The molecule has 0 spiro atoms. The molecule has 2 N–H and O–H groups in total. The summed E-state index contributed by atoms with van der Waals surface area (Å²) < 4.78 is 0. The summed E-state index contributed by atoms with van der Waals surface area (Å²) >= 11 is 5.72. The van der Waals surface area contributed by atoms with Crippen LogP contribution in [0, 0.1) is 6.92 Å². The number of thiocarbonyl (C=S) groups is 1. The minimum Gasteiger partial charge on any atom is -0.361 e. The highest BCUT2D eigenvalue weighted by atomic mass is 32.1. The number of rotatable bonds is 4. The van der Waals surface area contributed by atoms with Crippen molar-refractivity contribution in [1.82, 2.24) is 15.3 Å². The molecule has 3 aromatic rings. The van der Waals surface area contributed by atoms with Gasteiger partial charge in [-0.25, -0.2) is 0 Å². The van der Waals surface area contributed by atoms with E-state index in [0.29, 0.717) is 0 Å². The van der Waals surface area contributed by atoms with Gasteiger partial charge in [-0.2, -0.15) is 0 Å². The Morgan fingerprint density at radius 2 is 1.88 bits per heavy atom. The van der Waals surface area contributed by atoms with Gasteiger partial charge in [-0.1, -0.05) is 25.1 Å². The van der Waals surface area contributed by atoms with Gasteiger partial charge in [0.25, 0.3) is 0 Å². The molecule has 1 aliphatic heterocycles. The number of aromatic nitrogens is 2. The van der Waals surface area contributed by atoms with E-state index in [1.165, 1.54) is 5.56 Å². The van der Waals surface area contributed by atoms with Crippen LogP contribution in [0.25, 0.3) is 0 Å². The van der Waals surface area contributed by atoms with Crippen molar-refractivity contribution in [2.24, 2.45) is 0 Å². The summed E-state index contributed by atoms with van der Waals surface area (Å²) in [4.78, 5) is 10.3. The Bertz CT molecular complexity index is 901. The molecule has 1 fully saturated rings. The second-order valence-corrected chi connectivity index (χ2v) is 7.00. The van der Waals surface area contributed by atoms with Crippen LogP contribution in [0.15, 0.2) is 60.8 Å². The quantitative estimate of drug-likeness (QED) is 0.673. The molecule has 2 atom stereocenters. The third kappa shape index (κ3) is 2.99. The molecule has 0 saturated carbocycles. The zero-order chi connectivity index (χ0) is 18.1. The molecule has 5 heteroatoms. The number of aryl methyl sites for hydroxylation is 2. The third-order valence-electron chi connectivity index (χ3n) is 4.89. The highest BCUT2D eigenvalue weighted by Gasteiger charge is 2.41. The van der Waals surface area contributed by atoms with Crippen molar-refractivity contribution < 1.29 is 0 Å². The lowest BCUT2D eigenvalue weighted by atomic mass is 10.0. The number of nitrogens with zero attached hydrogens (tertiary/aromatic N) is 2. The molecule has 3 heterocycles. The molecule has 4 nitrogen and oxygen atoms in total. The second kappa shape index (κ2) is 6.92. The smallest absolute Gasteiger partial charge is 0.174 e. The third-order valence-corrected chi connectivity index (χ3v) is 5.21. The predicted molar refractivity (Wildman–Crippen MR) is 109 cm³/mol. The van der Waals surface area contributed by atoms with Gasteiger partial charge in [-0.3, -0.25) is 4.98 Å². The van der Waals surface area contributed by atoms with Crippen LogP contribution in [0.5, 0.6) is 0 Å². The normalized spacial score (nSPS) is 19.6. The average molecular weight is 363 g/mol. The summed E-state index contributed by atoms with van der Waals surface area (Å²) in [7, 11) is 0. The van der Waals surface area contributed by atoms with Gasteiger partial charge in [-0.05, 0) is 67.5 Å². The van der Waals surface area contributed by atoms with Crippen molar-refractivity contribution in [3.63, 3.8) is 0 Å². The fraction of sp³-hybridized carbons (Fsp3) is 0.238. The molecule has 0 radical (unpaired) electrons. The zero-order valence-electron chi connectivity index (χ0n) is 14.9. The Morgan fingerprint density at radius 1 is 1.08 bits per heavy atom. The molecule has 0 amide bonds. The Morgan fingerprint density at radius 3 is 2.50 bits per heavy atom. The minimum atomic E-state index is -0.00685. The summed E-state index contributed by atoms with van der Waals surface area (Å²) in [6, 6.07) is 18.9. The standard InChI is InChI=1S/C21H22N4S/c1-3-15-8-10-16(11-9-15)25-20(18-12-7-14(2)23-18)19(24-21(25)26)17-6-4-5-13-22-17/h4-13,19-20,23H,3H2,1-2H3,(H,24,26)/t19-,20-/m1/s1. The van der Waals surface area contributed by atoms with Gasteiger partial charge in [0.15, 0.2) is 5.11 Å². The molecular formula is C21H22N4S. The SMILES string of the molecule is CCc1ccc(N2C(=S)N[C@H](c3ccccn3)[C@H]2c2ccc(C)[nH]2)cc1. The molecule has 0 unspecified atom stereocenters. The van der Waals surface area contributed by atoms with E-state index >= 15 is 0 Å². The van der Waals surface area contributed by atoms with Gasteiger partial charge < -0.3 is 15.2 Å². The van der Waals surface area contributed by atoms with Crippen molar-refractivity contribution in [2.45, 2.75) is 32.4 Å². The van der Waals surface area contributed by atoms with Crippen molar-refractivity contribution in [2.75, 3.05) is 4.90 Å². The van der Waals surface area contributed by atoms with Crippen molar-refractivity contribution in [1.29, 1.82) is 0 Å². The topological polar surface area (TPSA) is 44.0 Å². The molecule has 0 bridgehead atoms. The Hall–Kier alpha value is -2.66. The first-order valence-electron chi connectivity index (χ1n) is 8.92. The lowest BCUT2D eigenvalue weighted by Gasteiger charge is -2.27. The van der Waals surface area contributed by atoms with Crippen molar-refractivity contribution in [3.8, 4) is 0 Å². The van der Waals surface area contributed by atoms with Crippen LogP contribution >= 0.6 is 12.2 Å². The number of hydrogen-bond donors (Lipinski definition) is 2. The van der Waals surface area contributed by atoms with E-state index in [9.17, 15) is 0 Å². The van der Waals surface area contributed by atoms with Gasteiger partial charge >= 0.3 is 0 Å². The summed E-state index contributed by atoms with van der Waals surface area (Å²) in [6.07, 6.45) is 2.86. The largest absolute Gasteiger partial charge is 0.361 e. The number of anilines is 1. The van der Waals surface area contributed by atoms with Crippen LogP contribution in [0.4, 0.5) is 5.69 Å². The first-order valence-corrected chi connectivity index (χ1v) is 9.33. The molecule has 0 aliphatic carbocycles. The van der Waals surface area contributed by atoms with Crippen molar-refractivity contribution >= 4 is 23.0 Å². The Labute approximate surface area is 159 Å². The minimum absolute atomic E-state index is 0.00685. The zero-order valence-corrected chi connectivity index (χ0v) is 15.8. The van der Waals surface area contributed by atoms with E-state index in [4.69, 9.17) is 12.2 Å². The molecule has 2 aromatic heterocycles. The van der Waals surface area contributed by atoms with Gasteiger partial charge in [0, 0.05) is 23.3 Å². The number of nitrogens with one attached hydrogen (secondary N) is 2. The maximum absolute atomic E-state index is 5.72. The molecular weight excluding hydrogens is 340 g/mol. The fourth-order valence-corrected chi connectivity index (χ4v) is 3.89. The number of hydrogen-bond acceptors (Lipinski definition) is 2. The van der Waals surface area contributed by atoms with E-state index in [1.807, 2.05) is 24.4 Å². The Balaban J connectivity index is 1.79. The van der Waals surface area contributed by atoms with Crippen LogP contribution in [-0.2, 0) is 6.42 Å². The highest BCUT2D eigenvalue weighted by molar-refractivity contribution is 7.80. The monoisotopic (exact) mass is 362 g/mol. The van der Waals surface area contributed by atoms with E-state index in [-0.39, 0.29) is 12.1 Å². The first-order chi connectivity index (χ1) is 12.7. The molecule has 1 saturated heterocycles. The maximum Gasteiger partial charge on any atom is 0.174 e. The van der Waals surface area contributed by atoms with E-state index < -0.39 is 0 Å². The van der Waals surface area contributed by atoms with Gasteiger partial charge in [0.1, 0.15) is 6.04 Å². The summed E-state index contributed by atoms with van der Waals surface area (Å²) in [5.74, 6) is 0. The van der Waals surface area contributed by atoms with Crippen LogP contribution in [0.3, 0.4) is 0 Å². The molecule has 1 aromatic carbocycles. The number of benzene rings is 1. The molecule has 26 heavy (non-hydrogen) atoms. The maximum atomic E-state index is 5.72. The fourth-order valence-electron chi connectivity index (χ4n) is 3.54. The van der Waals surface area contributed by atoms with Gasteiger partial charge in [0.2, 0.25) is 0 Å². The van der Waals surface area contributed by atoms with E-state index in [2.05, 4.69) is 70.4 Å². The van der Waals surface area contributed by atoms with Crippen LogP contribution in [-0.4, -0.2) is 15.1 Å². The van der Waals surface area contributed by atoms with Crippen LogP contribution in [0.1, 0.15) is 41.7 Å². The van der Waals surface area contributed by atoms with E-state index in [1.54, 1.807) is 0 Å². The first kappa shape index (κ1) is 16.8. The van der Waals surface area contributed by atoms with Gasteiger partial charge in [-0.15, -0.1) is 0 Å². The summed E-state index contributed by atoms with van der Waals surface area (Å²) in [5.41, 5.74) is 5.67. The second-order valence-electron chi connectivity index (χ2n) is 6.61. The van der Waals surface area contributed by atoms with Crippen molar-refractivity contribution in [3.05, 3.63) is 83.4 Å². The van der Waals surface area contributed by atoms with Crippen LogP contribution in [0.2, 0.25) is 0 Å². The predicted octanol–water partition coefficient (Wildman–Crippen LogP) is 4.46. The number of H-pyrrole nitrogens is 1. The lowest BCUT2D eigenvalue weighted by molar-refractivity contribution is 0.558. The number of pyridine rings is 1. The van der Waals surface area contributed by atoms with Crippen LogP contribution < -0.4 is 10.2 Å². The lowest BCUT2D eigenvalue weighted by Crippen LogP contribution is -2.29. The van der Waals surface area contributed by atoms with Gasteiger partial charge in [0.05, 0.1) is 11.7 Å². The molecule has 132 valence electrons. The summed E-state index contributed by atoms with van der Waals surface area (Å²) in [5, 5.41) is 4.20. The molecule has 1 aliphatic rings. The number of aromatic amines is 1. The Kier molecular flexibility index (Phi) is 4.47.